The quantitative estimate of drug-likeness (QED) is 0.393. The Morgan fingerprint density at radius 2 is 2.03 bits per heavy atom. The van der Waals surface area contributed by atoms with E-state index < -0.39 is 0 Å². The summed E-state index contributed by atoms with van der Waals surface area (Å²) >= 11 is 10.8. The molecule has 4 heterocycles. The summed E-state index contributed by atoms with van der Waals surface area (Å²) < 4.78 is 1.62. The van der Waals surface area contributed by atoms with Crippen molar-refractivity contribution in [3.05, 3.63) is 73.6 Å². The van der Waals surface area contributed by atoms with Gasteiger partial charge in [-0.1, -0.05) is 29.4 Å². The molecule has 0 aliphatic carbocycles. The number of thiophene rings is 2. The fraction of sp³-hybridized carbons (Fsp3) is 0.200. The van der Waals surface area contributed by atoms with Crippen molar-refractivity contribution in [3.63, 3.8) is 0 Å². The SMILES string of the molecule is O=C(CSc1nnnn1-c1ccc(Cl)cc1)N1CCc2sccc2C1c1cccs1. The molecule has 6 nitrogen and oxygen atoms in total. The number of amides is 1. The third kappa shape index (κ3) is 3.78. The zero-order valence-electron chi connectivity index (χ0n) is 15.6. The number of hydrogen-bond donors (Lipinski definition) is 0. The Bertz CT molecular complexity index is 1160. The van der Waals surface area contributed by atoms with Crippen LogP contribution in [0.1, 0.15) is 21.4 Å². The Kier molecular flexibility index (Phi) is 5.60. The summed E-state index contributed by atoms with van der Waals surface area (Å²) in [7, 11) is 0. The van der Waals surface area contributed by atoms with Gasteiger partial charge in [-0.15, -0.1) is 27.8 Å². The lowest BCUT2D eigenvalue weighted by atomic mass is 9.98. The van der Waals surface area contributed by atoms with Crippen molar-refractivity contribution in [2.75, 3.05) is 12.3 Å². The van der Waals surface area contributed by atoms with Crippen molar-refractivity contribution >= 4 is 51.9 Å². The van der Waals surface area contributed by atoms with Gasteiger partial charge in [-0.05, 0) is 69.6 Å². The predicted octanol–water partition coefficient (Wildman–Crippen LogP) is 4.71. The number of thioether (sulfide) groups is 1. The molecule has 5 rings (SSSR count). The van der Waals surface area contributed by atoms with Crippen LogP contribution >= 0.6 is 46.0 Å². The number of carbonyl (C=O) groups is 1. The van der Waals surface area contributed by atoms with Gasteiger partial charge in [0.25, 0.3) is 0 Å². The molecular weight excluding hydrogens is 458 g/mol. The molecule has 30 heavy (non-hydrogen) atoms. The highest BCUT2D eigenvalue weighted by molar-refractivity contribution is 7.99. The Morgan fingerprint density at radius 1 is 1.17 bits per heavy atom. The molecular formula is C20H16ClN5OS3. The summed E-state index contributed by atoms with van der Waals surface area (Å²) in [5.74, 6) is 0.357. The van der Waals surface area contributed by atoms with Gasteiger partial charge in [0, 0.05) is 21.3 Å². The number of aromatic nitrogens is 4. The van der Waals surface area contributed by atoms with Crippen LogP contribution in [0.15, 0.2) is 58.4 Å². The molecule has 3 aromatic heterocycles. The summed E-state index contributed by atoms with van der Waals surface area (Å²) in [4.78, 5) is 17.8. The highest BCUT2D eigenvalue weighted by Gasteiger charge is 2.33. The summed E-state index contributed by atoms with van der Waals surface area (Å²) in [5, 5.41) is 17.3. The second-order valence-electron chi connectivity index (χ2n) is 6.69. The minimum absolute atomic E-state index is 0.0136. The first-order chi connectivity index (χ1) is 14.7. The number of halogens is 1. The molecule has 1 aromatic carbocycles. The van der Waals surface area contributed by atoms with Crippen molar-refractivity contribution in [1.29, 1.82) is 0 Å². The van der Waals surface area contributed by atoms with E-state index >= 15 is 0 Å². The van der Waals surface area contributed by atoms with Gasteiger partial charge in [0.15, 0.2) is 0 Å². The highest BCUT2D eigenvalue weighted by atomic mass is 35.5. The topological polar surface area (TPSA) is 63.9 Å². The number of carbonyl (C=O) groups excluding carboxylic acids is 1. The molecule has 0 fully saturated rings. The molecule has 0 radical (unpaired) electrons. The first-order valence-electron chi connectivity index (χ1n) is 9.27. The van der Waals surface area contributed by atoms with Crippen LogP contribution in [0, 0.1) is 0 Å². The van der Waals surface area contributed by atoms with E-state index in [0.29, 0.717) is 10.2 Å². The van der Waals surface area contributed by atoms with E-state index in [-0.39, 0.29) is 17.7 Å². The van der Waals surface area contributed by atoms with Crippen LogP contribution in [0.3, 0.4) is 0 Å². The number of nitrogens with zero attached hydrogens (tertiary/aromatic N) is 5. The maximum atomic E-state index is 13.2. The largest absolute Gasteiger partial charge is 0.330 e. The molecule has 10 heteroatoms. The maximum absolute atomic E-state index is 13.2. The van der Waals surface area contributed by atoms with E-state index in [9.17, 15) is 4.79 Å². The first kappa shape index (κ1) is 19.7. The van der Waals surface area contributed by atoms with Crippen LogP contribution in [0.25, 0.3) is 5.69 Å². The Morgan fingerprint density at radius 3 is 2.83 bits per heavy atom. The van der Waals surface area contributed by atoms with Crippen LogP contribution in [0.5, 0.6) is 0 Å². The lowest BCUT2D eigenvalue weighted by molar-refractivity contribution is -0.130. The number of hydrogen-bond acceptors (Lipinski definition) is 7. The monoisotopic (exact) mass is 473 g/mol. The van der Waals surface area contributed by atoms with Gasteiger partial charge in [-0.3, -0.25) is 4.79 Å². The average molecular weight is 474 g/mol. The van der Waals surface area contributed by atoms with Gasteiger partial charge in [-0.25, -0.2) is 0 Å². The van der Waals surface area contributed by atoms with Crippen molar-refractivity contribution in [3.8, 4) is 5.69 Å². The van der Waals surface area contributed by atoms with Crippen LogP contribution in [0.2, 0.25) is 5.02 Å². The molecule has 0 N–H and O–H groups in total. The molecule has 1 atom stereocenters. The van der Waals surface area contributed by atoms with E-state index in [4.69, 9.17) is 11.6 Å². The summed E-state index contributed by atoms with van der Waals surface area (Å²) in [5.41, 5.74) is 2.05. The second kappa shape index (κ2) is 8.50. The molecule has 0 spiro atoms. The molecule has 0 saturated heterocycles. The van der Waals surface area contributed by atoms with Gasteiger partial charge in [0.05, 0.1) is 17.5 Å². The van der Waals surface area contributed by atoms with Crippen molar-refractivity contribution in [2.24, 2.45) is 0 Å². The molecule has 4 aromatic rings. The molecule has 0 saturated carbocycles. The van der Waals surface area contributed by atoms with Crippen LogP contribution in [0.4, 0.5) is 0 Å². The van der Waals surface area contributed by atoms with E-state index in [1.54, 1.807) is 39.5 Å². The van der Waals surface area contributed by atoms with Gasteiger partial charge >= 0.3 is 0 Å². The normalized spacial score (nSPS) is 15.9. The van der Waals surface area contributed by atoms with Gasteiger partial charge in [0.1, 0.15) is 0 Å². The van der Waals surface area contributed by atoms with Gasteiger partial charge in [0.2, 0.25) is 11.1 Å². The number of fused-ring (bicyclic) bond motifs is 1. The third-order valence-electron chi connectivity index (χ3n) is 4.94. The van der Waals surface area contributed by atoms with Crippen molar-refractivity contribution < 1.29 is 4.79 Å². The van der Waals surface area contributed by atoms with E-state index in [2.05, 4.69) is 38.4 Å². The molecule has 152 valence electrons. The maximum Gasteiger partial charge on any atom is 0.233 e. The van der Waals surface area contributed by atoms with Crippen molar-refractivity contribution in [1.82, 2.24) is 25.1 Å². The lowest BCUT2D eigenvalue weighted by Crippen LogP contribution is -2.40. The minimum atomic E-state index is -0.0136. The highest BCUT2D eigenvalue weighted by Crippen LogP contribution is 2.39. The molecule has 1 unspecified atom stereocenters. The fourth-order valence-electron chi connectivity index (χ4n) is 3.56. The van der Waals surface area contributed by atoms with Gasteiger partial charge < -0.3 is 4.90 Å². The Hall–Kier alpha value is -2.20. The van der Waals surface area contributed by atoms with Crippen LogP contribution < -0.4 is 0 Å². The summed E-state index contributed by atoms with van der Waals surface area (Å²) in [6, 6.07) is 13.6. The Labute approximate surface area is 190 Å². The smallest absolute Gasteiger partial charge is 0.233 e. The first-order valence-corrected chi connectivity index (χ1v) is 12.4. The second-order valence-corrected chi connectivity index (χ2v) is 10.1. The molecule has 0 bridgehead atoms. The average Bonchev–Trinajstić information content (AvgIpc) is 3.53. The zero-order chi connectivity index (χ0) is 20.5. The van der Waals surface area contributed by atoms with Crippen LogP contribution in [-0.2, 0) is 11.2 Å². The van der Waals surface area contributed by atoms with Gasteiger partial charge in [-0.2, -0.15) is 4.68 Å². The summed E-state index contributed by atoms with van der Waals surface area (Å²) in [6.45, 7) is 0.720. The minimum Gasteiger partial charge on any atom is -0.330 e. The van der Waals surface area contributed by atoms with Crippen molar-refractivity contribution in [2.45, 2.75) is 17.6 Å². The summed E-state index contributed by atoms with van der Waals surface area (Å²) in [6.07, 6.45) is 0.897. The van der Waals surface area contributed by atoms with Crippen LogP contribution in [-0.4, -0.2) is 43.3 Å². The Balaban J connectivity index is 1.35. The molecule has 1 aliphatic heterocycles. The molecule has 1 amide bonds. The predicted molar refractivity (Wildman–Crippen MR) is 121 cm³/mol. The fourth-order valence-corrected chi connectivity index (χ4v) is 6.22. The third-order valence-corrected chi connectivity index (χ3v) is 8.01. The molecule has 1 aliphatic rings. The van der Waals surface area contributed by atoms with E-state index in [1.165, 1.54) is 27.1 Å². The standard InChI is InChI=1S/C20H16ClN5OS3/c21-13-3-5-14(6-4-13)26-20(22-23-24-26)30-12-18(27)25-9-7-16-15(8-11-29-16)19(25)17-2-1-10-28-17/h1-6,8,10-11,19H,7,9,12H2. The number of rotatable bonds is 5. The van der Waals surface area contributed by atoms with E-state index in [1.807, 2.05) is 23.1 Å². The number of tetrazole rings is 1. The zero-order valence-corrected chi connectivity index (χ0v) is 18.8. The van der Waals surface area contributed by atoms with E-state index in [0.717, 1.165) is 18.7 Å². The number of benzene rings is 1. The lowest BCUT2D eigenvalue weighted by Gasteiger charge is -2.35.